The van der Waals surface area contributed by atoms with Gasteiger partial charge in [0.05, 0.1) is 16.4 Å². The minimum atomic E-state index is -0.394. The molecule has 0 aliphatic rings. The van der Waals surface area contributed by atoms with Crippen molar-refractivity contribution < 1.29 is 4.79 Å². The minimum Gasteiger partial charge on any atom is -0.319 e. The van der Waals surface area contributed by atoms with Crippen molar-refractivity contribution >= 4 is 23.2 Å². The summed E-state index contributed by atoms with van der Waals surface area (Å²) in [7, 11) is 0. The fourth-order valence-corrected chi connectivity index (χ4v) is 3.42. The number of benzene rings is 2. The number of nitrogens with zero attached hydrogens (tertiary/aromatic N) is 4. The standard InChI is InChI=1S/C23H20ClN5O/c1-14-6-9-20(19(24)11-14)26-23(30)21-22(17-5-4-10-25-13-17)29(28-27-21)18-8-7-15(2)16(3)12-18/h4-13H,1-3H3,(H,26,30). The van der Waals surface area contributed by atoms with Crippen LogP contribution in [0.4, 0.5) is 5.69 Å². The van der Waals surface area contributed by atoms with E-state index in [1.54, 1.807) is 29.2 Å². The maximum Gasteiger partial charge on any atom is 0.278 e. The van der Waals surface area contributed by atoms with Gasteiger partial charge in [-0.15, -0.1) is 5.10 Å². The Labute approximate surface area is 179 Å². The van der Waals surface area contributed by atoms with Gasteiger partial charge in [0.2, 0.25) is 0 Å². The molecule has 1 N–H and O–H groups in total. The van der Waals surface area contributed by atoms with Crippen LogP contribution in [0.5, 0.6) is 0 Å². The molecule has 0 unspecified atom stereocenters. The Balaban J connectivity index is 1.81. The van der Waals surface area contributed by atoms with Gasteiger partial charge in [-0.25, -0.2) is 4.68 Å². The van der Waals surface area contributed by atoms with Crippen molar-refractivity contribution in [2.24, 2.45) is 0 Å². The molecule has 4 rings (SSSR count). The molecule has 150 valence electrons. The zero-order valence-electron chi connectivity index (χ0n) is 16.8. The molecule has 0 fully saturated rings. The average molecular weight is 418 g/mol. The zero-order chi connectivity index (χ0) is 21.3. The van der Waals surface area contributed by atoms with Crippen molar-refractivity contribution in [2.75, 3.05) is 5.32 Å². The van der Waals surface area contributed by atoms with Crippen LogP contribution < -0.4 is 5.32 Å². The maximum absolute atomic E-state index is 13.1. The van der Waals surface area contributed by atoms with Crippen molar-refractivity contribution in [3.8, 4) is 16.9 Å². The number of aromatic nitrogens is 4. The number of pyridine rings is 1. The summed E-state index contributed by atoms with van der Waals surface area (Å²) in [4.78, 5) is 17.3. The highest BCUT2D eigenvalue weighted by molar-refractivity contribution is 6.34. The molecule has 0 atom stereocenters. The second-order valence-electron chi connectivity index (χ2n) is 7.15. The van der Waals surface area contributed by atoms with Gasteiger partial charge in [0.1, 0.15) is 5.69 Å². The minimum absolute atomic E-state index is 0.192. The van der Waals surface area contributed by atoms with Crippen molar-refractivity contribution in [3.63, 3.8) is 0 Å². The van der Waals surface area contributed by atoms with Gasteiger partial charge in [-0.1, -0.05) is 28.9 Å². The van der Waals surface area contributed by atoms with E-state index in [2.05, 4.69) is 20.6 Å². The zero-order valence-corrected chi connectivity index (χ0v) is 17.6. The molecule has 1 amide bonds. The number of hydrogen-bond acceptors (Lipinski definition) is 4. The molecule has 0 radical (unpaired) electrons. The fourth-order valence-electron chi connectivity index (χ4n) is 3.14. The van der Waals surface area contributed by atoms with Gasteiger partial charge in [0.15, 0.2) is 5.69 Å². The molecule has 0 spiro atoms. The van der Waals surface area contributed by atoms with E-state index in [1.807, 2.05) is 57.2 Å². The molecule has 0 saturated heterocycles. The van der Waals surface area contributed by atoms with Gasteiger partial charge in [0.25, 0.3) is 5.91 Å². The molecule has 0 aliphatic heterocycles. The summed E-state index contributed by atoms with van der Waals surface area (Å²) in [6.45, 7) is 6.02. The smallest absolute Gasteiger partial charge is 0.278 e. The predicted octanol–water partition coefficient (Wildman–Crippen LogP) is 5.16. The lowest BCUT2D eigenvalue weighted by Crippen LogP contribution is -2.14. The topological polar surface area (TPSA) is 72.7 Å². The van der Waals surface area contributed by atoms with E-state index in [0.29, 0.717) is 16.4 Å². The largest absolute Gasteiger partial charge is 0.319 e. The van der Waals surface area contributed by atoms with E-state index < -0.39 is 5.91 Å². The van der Waals surface area contributed by atoms with E-state index in [-0.39, 0.29) is 5.69 Å². The maximum atomic E-state index is 13.1. The lowest BCUT2D eigenvalue weighted by atomic mass is 10.1. The van der Waals surface area contributed by atoms with Crippen LogP contribution in [0.2, 0.25) is 5.02 Å². The number of nitrogens with one attached hydrogen (secondary N) is 1. The summed E-state index contributed by atoms with van der Waals surface area (Å²) in [5.74, 6) is -0.394. The Hall–Kier alpha value is -3.51. The van der Waals surface area contributed by atoms with E-state index in [0.717, 1.165) is 22.4 Å². The number of rotatable bonds is 4. The molecule has 4 aromatic rings. The lowest BCUT2D eigenvalue weighted by molar-refractivity contribution is 0.102. The molecule has 2 heterocycles. The number of carbonyl (C=O) groups excluding carboxylic acids is 1. The SMILES string of the molecule is Cc1ccc(NC(=O)c2nnn(-c3ccc(C)c(C)c3)c2-c2cccnc2)c(Cl)c1. The second kappa shape index (κ2) is 8.08. The number of aryl methyl sites for hydroxylation is 3. The van der Waals surface area contributed by atoms with Crippen LogP contribution in [0, 0.1) is 20.8 Å². The highest BCUT2D eigenvalue weighted by atomic mass is 35.5. The van der Waals surface area contributed by atoms with E-state index in [4.69, 9.17) is 11.6 Å². The first-order valence-electron chi connectivity index (χ1n) is 9.45. The van der Waals surface area contributed by atoms with Crippen LogP contribution >= 0.6 is 11.6 Å². The van der Waals surface area contributed by atoms with Gasteiger partial charge in [-0.05, 0) is 73.9 Å². The van der Waals surface area contributed by atoms with Crippen LogP contribution in [0.15, 0.2) is 60.9 Å². The number of amides is 1. The van der Waals surface area contributed by atoms with Gasteiger partial charge in [-0.3, -0.25) is 9.78 Å². The quantitative estimate of drug-likeness (QED) is 0.497. The van der Waals surface area contributed by atoms with Crippen LogP contribution in [-0.4, -0.2) is 25.9 Å². The number of anilines is 1. The summed E-state index contributed by atoms with van der Waals surface area (Å²) in [5, 5.41) is 11.8. The lowest BCUT2D eigenvalue weighted by Gasteiger charge is -2.11. The van der Waals surface area contributed by atoms with Gasteiger partial charge >= 0.3 is 0 Å². The van der Waals surface area contributed by atoms with Crippen molar-refractivity contribution in [1.29, 1.82) is 0 Å². The van der Waals surface area contributed by atoms with E-state index >= 15 is 0 Å². The summed E-state index contributed by atoms with van der Waals surface area (Å²) >= 11 is 6.29. The van der Waals surface area contributed by atoms with Crippen LogP contribution in [0.25, 0.3) is 16.9 Å². The third kappa shape index (κ3) is 3.82. The fraction of sp³-hybridized carbons (Fsp3) is 0.130. The molecule has 2 aromatic carbocycles. The van der Waals surface area contributed by atoms with Crippen LogP contribution in [0.1, 0.15) is 27.2 Å². The average Bonchev–Trinajstić information content (AvgIpc) is 3.18. The Morgan fingerprint density at radius 2 is 1.87 bits per heavy atom. The molecule has 30 heavy (non-hydrogen) atoms. The van der Waals surface area contributed by atoms with Crippen molar-refractivity contribution in [1.82, 2.24) is 20.0 Å². The second-order valence-corrected chi connectivity index (χ2v) is 7.55. The van der Waals surface area contributed by atoms with Crippen LogP contribution in [0.3, 0.4) is 0 Å². The number of hydrogen-bond donors (Lipinski definition) is 1. The van der Waals surface area contributed by atoms with Gasteiger partial charge in [-0.2, -0.15) is 0 Å². The highest BCUT2D eigenvalue weighted by Crippen LogP contribution is 2.28. The Morgan fingerprint density at radius 1 is 1.03 bits per heavy atom. The Kier molecular flexibility index (Phi) is 5.33. The van der Waals surface area contributed by atoms with E-state index in [1.165, 1.54) is 5.56 Å². The Morgan fingerprint density at radius 3 is 2.57 bits per heavy atom. The normalized spacial score (nSPS) is 10.8. The first-order valence-corrected chi connectivity index (χ1v) is 9.83. The van der Waals surface area contributed by atoms with Crippen LogP contribution in [-0.2, 0) is 0 Å². The third-order valence-corrected chi connectivity index (χ3v) is 5.24. The summed E-state index contributed by atoms with van der Waals surface area (Å²) in [5.41, 5.74) is 6.13. The molecular formula is C23H20ClN5O. The summed E-state index contributed by atoms with van der Waals surface area (Å²) < 4.78 is 1.66. The molecule has 2 aromatic heterocycles. The first kappa shape index (κ1) is 19.8. The van der Waals surface area contributed by atoms with Crippen molar-refractivity contribution in [3.05, 3.63) is 88.3 Å². The van der Waals surface area contributed by atoms with Gasteiger partial charge < -0.3 is 5.32 Å². The molecular weight excluding hydrogens is 398 g/mol. The third-order valence-electron chi connectivity index (χ3n) is 4.93. The highest BCUT2D eigenvalue weighted by Gasteiger charge is 2.23. The van der Waals surface area contributed by atoms with E-state index in [9.17, 15) is 4.79 Å². The molecule has 0 bridgehead atoms. The predicted molar refractivity (Wildman–Crippen MR) is 118 cm³/mol. The molecule has 0 saturated carbocycles. The molecule has 6 nitrogen and oxygen atoms in total. The van der Waals surface area contributed by atoms with Gasteiger partial charge in [0, 0.05) is 18.0 Å². The first-order chi connectivity index (χ1) is 14.4. The number of carbonyl (C=O) groups is 1. The monoisotopic (exact) mass is 417 g/mol. The number of halogens is 1. The molecule has 0 aliphatic carbocycles. The molecule has 7 heteroatoms. The summed E-state index contributed by atoms with van der Waals surface area (Å²) in [6.07, 6.45) is 3.37. The Bertz CT molecular complexity index is 1230. The summed E-state index contributed by atoms with van der Waals surface area (Å²) in [6, 6.07) is 15.1. The van der Waals surface area contributed by atoms with Crippen molar-refractivity contribution in [2.45, 2.75) is 20.8 Å².